The fourth-order valence-corrected chi connectivity index (χ4v) is 1.71. The van der Waals surface area contributed by atoms with Gasteiger partial charge in [-0.2, -0.15) is 0 Å². The summed E-state index contributed by atoms with van der Waals surface area (Å²) in [7, 11) is 3.87. The summed E-state index contributed by atoms with van der Waals surface area (Å²) in [6, 6.07) is 5.79. The van der Waals surface area contributed by atoms with Crippen LogP contribution in [0.5, 0.6) is 0 Å². The van der Waals surface area contributed by atoms with Gasteiger partial charge in [0.05, 0.1) is 11.2 Å². The third-order valence-electron chi connectivity index (χ3n) is 2.31. The first-order valence-corrected chi connectivity index (χ1v) is 4.46. The molecular weight excluding hydrogens is 176 g/mol. The third kappa shape index (κ3) is 1.18. The molecule has 3 heteroatoms. The summed E-state index contributed by atoms with van der Waals surface area (Å²) < 4.78 is 0. The van der Waals surface area contributed by atoms with E-state index in [0.717, 1.165) is 22.9 Å². The molecule has 0 aliphatic rings. The Bertz CT molecular complexity index is 471. The lowest BCUT2D eigenvalue weighted by molar-refractivity contribution is 0.112. The van der Waals surface area contributed by atoms with E-state index >= 15 is 0 Å². The van der Waals surface area contributed by atoms with Crippen molar-refractivity contribution in [3.63, 3.8) is 0 Å². The summed E-state index contributed by atoms with van der Waals surface area (Å²) in [6.07, 6.45) is 2.77. The first kappa shape index (κ1) is 8.81. The Labute approximate surface area is 82.3 Å². The quantitative estimate of drug-likeness (QED) is 0.732. The van der Waals surface area contributed by atoms with Gasteiger partial charge in [0.15, 0.2) is 6.29 Å². The number of aromatic amines is 1. The van der Waals surface area contributed by atoms with Gasteiger partial charge in [-0.1, -0.05) is 6.07 Å². The van der Waals surface area contributed by atoms with Crippen LogP contribution in [0, 0.1) is 0 Å². The van der Waals surface area contributed by atoms with Gasteiger partial charge < -0.3 is 9.88 Å². The van der Waals surface area contributed by atoms with E-state index in [-0.39, 0.29) is 0 Å². The van der Waals surface area contributed by atoms with Crippen molar-refractivity contribution in [2.75, 3.05) is 19.0 Å². The van der Waals surface area contributed by atoms with Crippen LogP contribution in [0.3, 0.4) is 0 Å². The van der Waals surface area contributed by atoms with Gasteiger partial charge in [0.1, 0.15) is 0 Å². The number of hydrogen-bond acceptors (Lipinski definition) is 2. The lowest BCUT2D eigenvalue weighted by Gasteiger charge is -2.15. The summed E-state index contributed by atoms with van der Waals surface area (Å²) in [4.78, 5) is 15.9. The van der Waals surface area contributed by atoms with E-state index in [1.807, 2.05) is 43.4 Å². The molecule has 72 valence electrons. The van der Waals surface area contributed by atoms with Gasteiger partial charge in [-0.15, -0.1) is 0 Å². The predicted molar refractivity (Wildman–Crippen MR) is 58.0 cm³/mol. The molecule has 0 spiro atoms. The highest BCUT2D eigenvalue weighted by molar-refractivity contribution is 6.00. The van der Waals surface area contributed by atoms with Crippen LogP contribution in [0.4, 0.5) is 5.69 Å². The second-order valence-corrected chi connectivity index (χ2v) is 3.46. The van der Waals surface area contributed by atoms with Crippen LogP contribution >= 0.6 is 0 Å². The highest BCUT2D eigenvalue weighted by Crippen LogP contribution is 2.27. The normalized spacial score (nSPS) is 10.4. The van der Waals surface area contributed by atoms with Crippen molar-refractivity contribution < 1.29 is 4.79 Å². The molecule has 1 aromatic heterocycles. The molecule has 0 saturated carbocycles. The molecule has 2 rings (SSSR count). The van der Waals surface area contributed by atoms with E-state index in [4.69, 9.17) is 0 Å². The zero-order valence-electron chi connectivity index (χ0n) is 8.24. The number of fused-ring (bicyclic) bond motifs is 1. The number of nitrogens with zero attached hydrogens (tertiary/aromatic N) is 1. The molecule has 0 atom stereocenters. The summed E-state index contributed by atoms with van der Waals surface area (Å²) in [5, 5.41) is 1.12. The van der Waals surface area contributed by atoms with Gasteiger partial charge in [-0.25, -0.2) is 0 Å². The molecule has 0 aliphatic heterocycles. The predicted octanol–water partition coefficient (Wildman–Crippen LogP) is 2.05. The maximum atomic E-state index is 10.9. The van der Waals surface area contributed by atoms with Crippen LogP contribution in [0.15, 0.2) is 24.4 Å². The Morgan fingerprint density at radius 3 is 2.71 bits per heavy atom. The molecule has 0 bridgehead atoms. The van der Waals surface area contributed by atoms with Crippen LogP contribution in [0.1, 0.15) is 10.4 Å². The van der Waals surface area contributed by atoms with E-state index in [1.54, 1.807) is 0 Å². The van der Waals surface area contributed by atoms with Crippen molar-refractivity contribution in [1.29, 1.82) is 0 Å². The molecule has 0 radical (unpaired) electrons. The second-order valence-electron chi connectivity index (χ2n) is 3.46. The number of aromatic nitrogens is 1. The van der Waals surface area contributed by atoms with Crippen LogP contribution in [-0.2, 0) is 0 Å². The van der Waals surface area contributed by atoms with E-state index in [9.17, 15) is 4.79 Å². The smallest absolute Gasteiger partial charge is 0.152 e. The average molecular weight is 188 g/mol. The molecule has 1 aromatic carbocycles. The molecule has 2 aromatic rings. The standard InChI is InChI=1S/C11H12N2O/c1-13(2)11-9(7-14)4-3-8-5-6-12-10(8)11/h3-7,12H,1-2H3. The second kappa shape index (κ2) is 3.18. The summed E-state index contributed by atoms with van der Waals surface area (Å²) >= 11 is 0. The monoisotopic (exact) mass is 188 g/mol. The van der Waals surface area contributed by atoms with E-state index in [2.05, 4.69) is 4.98 Å². The minimum absolute atomic E-state index is 0.713. The number of aldehydes is 1. The van der Waals surface area contributed by atoms with Crippen LogP contribution < -0.4 is 4.90 Å². The Balaban J connectivity index is 2.81. The summed E-state index contributed by atoms with van der Waals surface area (Å²) in [6.45, 7) is 0. The largest absolute Gasteiger partial charge is 0.375 e. The first-order chi connectivity index (χ1) is 6.74. The van der Waals surface area contributed by atoms with Gasteiger partial charge in [-0.05, 0) is 12.1 Å². The molecule has 0 fully saturated rings. The number of H-pyrrole nitrogens is 1. The van der Waals surface area contributed by atoms with Gasteiger partial charge in [0.25, 0.3) is 0 Å². The molecule has 0 amide bonds. The van der Waals surface area contributed by atoms with Crippen molar-refractivity contribution in [3.05, 3.63) is 30.0 Å². The number of benzene rings is 1. The molecular formula is C11H12N2O. The Hall–Kier alpha value is -1.77. The van der Waals surface area contributed by atoms with Crippen molar-refractivity contribution in [3.8, 4) is 0 Å². The lowest BCUT2D eigenvalue weighted by Crippen LogP contribution is -2.11. The van der Waals surface area contributed by atoms with Gasteiger partial charge in [0, 0.05) is 31.2 Å². The van der Waals surface area contributed by atoms with E-state index in [1.165, 1.54) is 0 Å². The summed E-state index contributed by atoms with van der Waals surface area (Å²) in [5.74, 6) is 0. The maximum Gasteiger partial charge on any atom is 0.152 e. The van der Waals surface area contributed by atoms with Crippen molar-refractivity contribution in [1.82, 2.24) is 4.98 Å². The number of carbonyl (C=O) groups is 1. The van der Waals surface area contributed by atoms with E-state index < -0.39 is 0 Å². The molecule has 1 N–H and O–H groups in total. The number of hydrogen-bond donors (Lipinski definition) is 1. The molecule has 1 heterocycles. The van der Waals surface area contributed by atoms with Crippen molar-refractivity contribution in [2.24, 2.45) is 0 Å². The Morgan fingerprint density at radius 1 is 1.29 bits per heavy atom. The fourth-order valence-electron chi connectivity index (χ4n) is 1.71. The average Bonchev–Trinajstić information content (AvgIpc) is 2.62. The molecule has 0 unspecified atom stereocenters. The fraction of sp³-hybridized carbons (Fsp3) is 0.182. The number of nitrogens with one attached hydrogen (secondary N) is 1. The zero-order chi connectivity index (χ0) is 10.1. The third-order valence-corrected chi connectivity index (χ3v) is 2.31. The SMILES string of the molecule is CN(C)c1c(C=O)ccc2cc[nH]c12. The van der Waals surface area contributed by atoms with Crippen LogP contribution in [0.25, 0.3) is 10.9 Å². The Kier molecular flexibility index (Phi) is 2.00. The van der Waals surface area contributed by atoms with Crippen LogP contribution in [-0.4, -0.2) is 25.4 Å². The van der Waals surface area contributed by atoms with E-state index in [0.29, 0.717) is 5.56 Å². The molecule has 0 saturated heterocycles. The zero-order valence-corrected chi connectivity index (χ0v) is 8.24. The van der Waals surface area contributed by atoms with Crippen LogP contribution in [0.2, 0.25) is 0 Å². The topological polar surface area (TPSA) is 36.1 Å². The lowest BCUT2D eigenvalue weighted by atomic mass is 10.1. The summed E-state index contributed by atoms with van der Waals surface area (Å²) in [5.41, 5.74) is 2.67. The Morgan fingerprint density at radius 2 is 2.07 bits per heavy atom. The van der Waals surface area contributed by atoms with Crippen molar-refractivity contribution in [2.45, 2.75) is 0 Å². The molecule has 0 aliphatic carbocycles. The van der Waals surface area contributed by atoms with Gasteiger partial charge >= 0.3 is 0 Å². The van der Waals surface area contributed by atoms with Crippen molar-refractivity contribution >= 4 is 22.9 Å². The van der Waals surface area contributed by atoms with Gasteiger partial charge in [-0.3, -0.25) is 4.79 Å². The molecule has 3 nitrogen and oxygen atoms in total. The number of carbonyl (C=O) groups excluding carboxylic acids is 1. The minimum Gasteiger partial charge on any atom is -0.375 e. The highest BCUT2D eigenvalue weighted by atomic mass is 16.1. The van der Waals surface area contributed by atoms with Gasteiger partial charge in [0.2, 0.25) is 0 Å². The first-order valence-electron chi connectivity index (χ1n) is 4.46. The highest BCUT2D eigenvalue weighted by Gasteiger charge is 2.09. The minimum atomic E-state index is 0.713. The number of rotatable bonds is 2. The molecule has 14 heavy (non-hydrogen) atoms. The maximum absolute atomic E-state index is 10.9. The number of anilines is 1.